The van der Waals surface area contributed by atoms with Gasteiger partial charge in [-0.1, -0.05) is 6.92 Å². The summed E-state index contributed by atoms with van der Waals surface area (Å²) in [5, 5.41) is 3.24. The molecule has 0 fully saturated rings. The second kappa shape index (κ2) is 10.4. The smallest absolute Gasteiger partial charge is 0.337 e. The van der Waals surface area contributed by atoms with E-state index in [4.69, 9.17) is 23.7 Å². The summed E-state index contributed by atoms with van der Waals surface area (Å²) in [7, 11) is 5.74. The second-order valence-corrected chi connectivity index (χ2v) is 8.95. The molecule has 1 N–H and O–H groups in total. The number of esters is 2. The minimum absolute atomic E-state index is 0.276. The molecule has 0 aromatic heterocycles. The number of carbonyl (C=O) groups is 3. The highest BCUT2D eigenvalue weighted by atomic mass is 16.5. The third-order valence-corrected chi connectivity index (χ3v) is 6.33. The van der Waals surface area contributed by atoms with E-state index in [9.17, 15) is 14.4 Å². The normalized spacial score (nSPS) is 21.9. The molecule has 190 valence electrons. The van der Waals surface area contributed by atoms with Gasteiger partial charge in [-0.3, -0.25) is 9.59 Å². The van der Waals surface area contributed by atoms with E-state index in [1.54, 1.807) is 32.9 Å². The highest BCUT2D eigenvalue weighted by Crippen LogP contribution is 2.49. The molecule has 0 spiro atoms. The maximum Gasteiger partial charge on any atom is 0.337 e. The largest absolute Gasteiger partial charge is 0.493 e. The Kier molecular flexibility index (Phi) is 7.77. The quantitative estimate of drug-likeness (QED) is 0.458. The summed E-state index contributed by atoms with van der Waals surface area (Å²) in [6.07, 6.45) is 0.0645. The molecule has 0 saturated carbocycles. The van der Waals surface area contributed by atoms with Gasteiger partial charge in [0.1, 0.15) is 5.92 Å². The molecular weight excluding hydrogens is 454 g/mol. The van der Waals surface area contributed by atoms with Crippen LogP contribution in [0.2, 0.25) is 0 Å². The van der Waals surface area contributed by atoms with Gasteiger partial charge in [0.2, 0.25) is 5.75 Å². The fourth-order valence-corrected chi connectivity index (χ4v) is 4.83. The topological polar surface area (TPSA) is 109 Å². The molecule has 1 aromatic rings. The summed E-state index contributed by atoms with van der Waals surface area (Å²) in [6.45, 7) is 7.11. The van der Waals surface area contributed by atoms with Crippen LogP contribution in [0.4, 0.5) is 0 Å². The van der Waals surface area contributed by atoms with E-state index < -0.39 is 23.8 Å². The lowest BCUT2D eigenvalue weighted by molar-refractivity contribution is -0.151. The molecule has 35 heavy (non-hydrogen) atoms. The molecule has 0 amide bonds. The van der Waals surface area contributed by atoms with Crippen molar-refractivity contribution in [1.82, 2.24) is 5.32 Å². The fraction of sp³-hybridized carbons (Fsp3) is 0.500. The first-order valence-electron chi connectivity index (χ1n) is 11.4. The number of ketones is 1. The number of benzene rings is 1. The molecule has 0 radical (unpaired) electrons. The molecular formula is C26H33NO8. The average molecular weight is 488 g/mol. The number of dihydropyridines is 1. The summed E-state index contributed by atoms with van der Waals surface area (Å²) in [5.74, 6) is -2.51. The first kappa shape index (κ1) is 26.1. The van der Waals surface area contributed by atoms with Crippen LogP contribution in [0, 0.1) is 11.8 Å². The van der Waals surface area contributed by atoms with E-state index in [-0.39, 0.29) is 23.4 Å². The zero-order valence-corrected chi connectivity index (χ0v) is 21.4. The number of carbonyl (C=O) groups excluding carboxylic acids is 3. The Hall–Kier alpha value is -3.49. The summed E-state index contributed by atoms with van der Waals surface area (Å²) in [5.41, 5.74) is 2.41. The molecule has 3 atom stereocenters. The maximum absolute atomic E-state index is 13.8. The minimum Gasteiger partial charge on any atom is -0.493 e. The third kappa shape index (κ3) is 4.72. The van der Waals surface area contributed by atoms with Gasteiger partial charge in [-0.2, -0.15) is 0 Å². The van der Waals surface area contributed by atoms with Crippen LogP contribution in [-0.4, -0.2) is 52.3 Å². The average Bonchev–Trinajstić information content (AvgIpc) is 2.81. The van der Waals surface area contributed by atoms with Gasteiger partial charge in [0.25, 0.3) is 0 Å². The maximum atomic E-state index is 13.8. The molecule has 9 heteroatoms. The number of hydrogen-bond acceptors (Lipinski definition) is 9. The summed E-state index contributed by atoms with van der Waals surface area (Å²) in [4.78, 5) is 39.7. The van der Waals surface area contributed by atoms with E-state index >= 15 is 0 Å². The number of hydrogen-bond donors (Lipinski definition) is 1. The van der Waals surface area contributed by atoms with Crippen LogP contribution >= 0.6 is 0 Å². The Balaban J connectivity index is 2.30. The van der Waals surface area contributed by atoms with Gasteiger partial charge in [-0.15, -0.1) is 0 Å². The van der Waals surface area contributed by atoms with Crippen LogP contribution in [-0.2, 0) is 23.9 Å². The first-order chi connectivity index (χ1) is 16.6. The second-order valence-electron chi connectivity index (χ2n) is 8.95. The predicted molar refractivity (Wildman–Crippen MR) is 127 cm³/mol. The lowest BCUT2D eigenvalue weighted by atomic mass is 9.69. The lowest BCUT2D eigenvalue weighted by Gasteiger charge is -2.38. The molecule has 0 saturated heterocycles. The van der Waals surface area contributed by atoms with Crippen LogP contribution in [0.5, 0.6) is 17.2 Å². The number of ether oxygens (including phenoxy) is 5. The van der Waals surface area contributed by atoms with E-state index in [1.165, 1.54) is 28.4 Å². The van der Waals surface area contributed by atoms with Gasteiger partial charge in [-0.25, -0.2) is 4.79 Å². The van der Waals surface area contributed by atoms with Crippen molar-refractivity contribution in [3.8, 4) is 17.2 Å². The summed E-state index contributed by atoms with van der Waals surface area (Å²) >= 11 is 0. The molecule has 0 unspecified atom stereocenters. The van der Waals surface area contributed by atoms with Crippen molar-refractivity contribution >= 4 is 17.7 Å². The number of allylic oxidation sites excluding steroid dienone is 3. The van der Waals surface area contributed by atoms with Crippen LogP contribution in [0.25, 0.3) is 0 Å². The van der Waals surface area contributed by atoms with Gasteiger partial charge in [-0.05, 0) is 50.8 Å². The van der Waals surface area contributed by atoms with Crippen LogP contribution < -0.4 is 19.5 Å². The Bertz CT molecular complexity index is 1080. The summed E-state index contributed by atoms with van der Waals surface area (Å²) in [6, 6.07) is 3.41. The van der Waals surface area contributed by atoms with Crippen LogP contribution in [0.1, 0.15) is 45.6 Å². The molecule has 9 nitrogen and oxygen atoms in total. The van der Waals surface area contributed by atoms with E-state index in [0.717, 1.165) is 0 Å². The van der Waals surface area contributed by atoms with Gasteiger partial charge in [0.05, 0.1) is 40.1 Å². The van der Waals surface area contributed by atoms with Crippen LogP contribution in [0.3, 0.4) is 0 Å². The van der Waals surface area contributed by atoms with Crippen molar-refractivity contribution in [3.05, 3.63) is 40.2 Å². The van der Waals surface area contributed by atoms with E-state index in [2.05, 4.69) is 5.32 Å². The third-order valence-electron chi connectivity index (χ3n) is 6.33. The minimum atomic E-state index is -0.981. The van der Waals surface area contributed by atoms with Crippen molar-refractivity contribution in [1.29, 1.82) is 0 Å². The lowest BCUT2D eigenvalue weighted by Crippen LogP contribution is -2.43. The van der Waals surface area contributed by atoms with Crippen molar-refractivity contribution in [2.75, 3.05) is 28.4 Å². The number of rotatable bonds is 7. The Morgan fingerprint density at radius 3 is 2.11 bits per heavy atom. The Morgan fingerprint density at radius 2 is 1.63 bits per heavy atom. The number of Topliss-reactive ketones (excluding diaryl/α,β-unsaturated/α-hetero) is 1. The molecule has 1 aliphatic carbocycles. The Morgan fingerprint density at radius 1 is 1.03 bits per heavy atom. The van der Waals surface area contributed by atoms with Crippen molar-refractivity contribution in [2.24, 2.45) is 11.8 Å². The fourth-order valence-electron chi connectivity index (χ4n) is 4.83. The zero-order valence-electron chi connectivity index (χ0n) is 21.4. The monoisotopic (exact) mass is 487 g/mol. The molecule has 1 aromatic carbocycles. The highest BCUT2D eigenvalue weighted by Gasteiger charge is 2.47. The molecule has 0 bridgehead atoms. The van der Waals surface area contributed by atoms with Crippen molar-refractivity contribution in [2.45, 2.75) is 46.1 Å². The predicted octanol–water partition coefficient (Wildman–Crippen LogP) is 3.28. The van der Waals surface area contributed by atoms with Crippen molar-refractivity contribution < 1.29 is 38.1 Å². The first-order valence-corrected chi connectivity index (χ1v) is 11.4. The van der Waals surface area contributed by atoms with Gasteiger partial charge in [0, 0.05) is 22.9 Å². The zero-order chi connectivity index (χ0) is 26.0. The summed E-state index contributed by atoms with van der Waals surface area (Å²) < 4.78 is 27.0. The van der Waals surface area contributed by atoms with Crippen LogP contribution in [0.15, 0.2) is 34.7 Å². The van der Waals surface area contributed by atoms with E-state index in [0.29, 0.717) is 46.2 Å². The molecule has 1 aliphatic heterocycles. The van der Waals surface area contributed by atoms with Crippen molar-refractivity contribution in [3.63, 3.8) is 0 Å². The molecule has 2 aliphatic rings. The Labute approximate surface area is 205 Å². The molecule has 3 rings (SSSR count). The van der Waals surface area contributed by atoms with Gasteiger partial charge < -0.3 is 29.0 Å². The highest BCUT2D eigenvalue weighted by molar-refractivity contribution is 6.12. The van der Waals surface area contributed by atoms with Gasteiger partial charge >= 0.3 is 11.9 Å². The van der Waals surface area contributed by atoms with Gasteiger partial charge in [0.15, 0.2) is 17.3 Å². The SMILES string of the molecule is COC(=O)[C@@H]1C(=O)C2=C(C[C@@H]1C)NC(C)=C(C(=O)OC(C)C)[C@H]2c1cc(OC)c(OC)c(OC)c1. The van der Waals surface area contributed by atoms with E-state index in [1.807, 2.05) is 6.92 Å². The molecule has 1 heterocycles. The standard InChI is InChI=1S/C26H33NO8/c1-12(2)35-26(30)20-14(4)27-16-9-13(3)19(25(29)34-8)23(28)22(16)21(20)15-10-17(31-5)24(33-7)18(11-15)32-6/h10-13,19,21,27H,9H2,1-8H3/t13-,19-,21+/m0/s1. The number of nitrogens with one attached hydrogen (secondary N) is 1. The number of methoxy groups -OCH3 is 4.